The van der Waals surface area contributed by atoms with Crippen LogP contribution in [0.25, 0.3) is 0 Å². The van der Waals surface area contributed by atoms with Crippen LogP contribution in [-0.2, 0) is 0 Å². The molecule has 0 unspecified atom stereocenters. The highest BCUT2D eigenvalue weighted by Crippen LogP contribution is 2.38. The minimum atomic E-state index is 0.577. The van der Waals surface area contributed by atoms with Crippen LogP contribution in [0.4, 0.5) is 5.69 Å². The van der Waals surface area contributed by atoms with Gasteiger partial charge in [0.15, 0.2) is 0 Å². The molecule has 2 aromatic carbocycles. The molecule has 0 atom stereocenters. The Morgan fingerprint density at radius 2 is 1.86 bits per heavy atom. The summed E-state index contributed by atoms with van der Waals surface area (Å²) in [5, 5.41) is 3.61. The maximum atomic E-state index is 5.54. The lowest BCUT2D eigenvalue weighted by Crippen LogP contribution is -2.33. The quantitative estimate of drug-likeness (QED) is 0.853. The van der Waals surface area contributed by atoms with E-state index in [0.29, 0.717) is 18.6 Å². The molecule has 21 heavy (non-hydrogen) atoms. The molecule has 0 radical (unpaired) electrons. The smallest absolute Gasteiger partial charge is 0.121 e. The summed E-state index contributed by atoms with van der Waals surface area (Å²) in [7, 11) is 0. The van der Waals surface area contributed by atoms with Crippen LogP contribution in [0.15, 0.2) is 48.5 Å². The first-order valence-corrected chi connectivity index (χ1v) is 7.80. The third-order valence-electron chi connectivity index (χ3n) is 4.20. The Hall–Kier alpha value is -1.96. The Labute approximate surface area is 127 Å². The van der Waals surface area contributed by atoms with Crippen molar-refractivity contribution in [2.24, 2.45) is 0 Å². The number of benzene rings is 2. The van der Waals surface area contributed by atoms with E-state index in [4.69, 9.17) is 4.74 Å². The third kappa shape index (κ3) is 3.38. The standard InChI is InChI=1S/C19H23NO/c1-3-21-19-6-4-5-17(13-19)20-18-11-16(12-18)15-9-7-14(2)8-10-15/h4-10,13,16,18,20H,3,11-12H2,1-2H3. The van der Waals surface area contributed by atoms with E-state index in [-0.39, 0.29) is 0 Å². The summed E-state index contributed by atoms with van der Waals surface area (Å²) in [6, 6.07) is 17.8. The second-order valence-electron chi connectivity index (χ2n) is 5.88. The maximum Gasteiger partial charge on any atom is 0.121 e. The number of hydrogen-bond acceptors (Lipinski definition) is 2. The minimum absolute atomic E-state index is 0.577. The van der Waals surface area contributed by atoms with Crippen LogP contribution in [0.3, 0.4) is 0 Å². The Morgan fingerprint density at radius 3 is 2.57 bits per heavy atom. The van der Waals surface area contributed by atoms with Crippen LogP contribution >= 0.6 is 0 Å². The average molecular weight is 281 g/mol. The fraction of sp³-hybridized carbons (Fsp3) is 0.368. The van der Waals surface area contributed by atoms with E-state index >= 15 is 0 Å². The first-order chi connectivity index (χ1) is 10.2. The molecule has 2 aromatic rings. The number of ether oxygens (including phenoxy) is 1. The molecule has 1 N–H and O–H groups in total. The number of hydrogen-bond donors (Lipinski definition) is 1. The van der Waals surface area contributed by atoms with Crippen LogP contribution in [0.5, 0.6) is 5.75 Å². The van der Waals surface area contributed by atoms with E-state index < -0.39 is 0 Å². The fourth-order valence-electron chi connectivity index (χ4n) is 2.92. The summed E-state index contributed by atoms with van der Waals surface area (Å²) >= 11 is 0. The molecule has 0 aromatic heterocycles. The Morgan fingerprint density at radius 1 is 1.10 bits per heavy atom. The first-order valence-electron chi connectivity index (χ1n) is 7.80. The highest BCUT2D eigenvalue weighted by molar-refractivity contribution is 5.49. The second kappa shape index (κ2) is 6.21. The van der Waals surface area contributed by atoms with Crippen molar-refractivity contribution in [3.05, 3.63) is 59.7 Å². The monoisotopic (exact) mass is 281 g/mol. The highest BCUT2D eigenvalue weighted by atomic mass is 16.5. The van der Waals surface area contributed by atoms with E-state index in [1.165, 1.54) is 24.0 Å². The molecule has 2 nitrogen and oxygen atoms in total. The van der Waals surface area contributed by atoms with Gasteiger partial charge in [-0.05, 0) is 50.3 Å². The predicted molar refractivity (Wildman–Crippen MR) is 88.2 cm³/mol. The van der Waals surface area contributed by atoms with Crippen LogP contribution in [-0.4, -0.2) is 12.6 Å². The molecule has 0 bridgehead atoms. The van der Waals surface area contributed by atoms with E-state index in [9.17, 15) is 0 Å². The van der Waals surface area contributed by atoms with Gasteiger partial charge < -0.3 is 10.1 Å². The number of rotatable bonds is 5. The van der Waals surface area contributed by atoms with Gasteiger partial charge in [-0.3, -0.25) is 0 Å². The Kier molecular flexibility index (Phi) is 4.14. The molecule has 0 amide bonds. The van der Waals surface area contributed by atoms with Gasteiger partial charge in [-0.2, -0.15) is 0 Å². The predicted octanol–water partition coefficient (Wildman–Crippen LogP) is 4.75. The van der Waals surface area contributed by atoms with Crippen LogP contribution in [0, 0.1) is 6.92 Å². The average Bonchev–Trinajstić information content (AvgIpc) is 2.45. The molecule has 1 saturated carbocycles. The largest absolute Gasteiger partial charge is 0.494 e. The van der Waals surface area contributed by atoms with Crippen molar-refractivity contribution in [2.75, 3.05) is 11.9 Å². The topological polar surface area (TPSA) is 21.3 Å². The van der Waals surface area contributed by atoms with Gasteiger partial charge >= 0.3 is 0 Å². The lowest BCUT2D eigenvalue weighted by molar-refractivity contribution is 0.340. The number of aryl methyl sites for hydroxylation is 1. The van der Waals surface area contributed by atoms with Gasteiger partial charge in [0.05, 0.1) is 6.61 Å². The molecule has 0 aliphatic heterocycles. The number of anilines is 1. The van der Waals surface area contributed by atoms with Crippen LogP contribution < -0.4 is 10.1 Å². The minimum Gasteiger partial charge on any atom is -0.494 e. The highest BCUT2D eigenvalue weighted by Gasteiger charge is 2.30. The zero-order valence-electron chi connectivity index (χ0n) is 12.8. The molecule has 0 spiro atoms. The fourth-order valence-corrected chi connectivity index (χ4v) is 2.92. The van der Waals surface area contributed by atoms with Gasteiger partial charge in [-0.15, -0.1) is 0 Å². The summed E-state index contributed by atoms with van der Waals surface area (Å²) in [6.45, 7) is 4.86. The Bertz CT molecular complexity index is 585. The zero-order valence-corrected chi connectivity index (χ0v) is 12.8. The zero-order chi connectivity index (χ0) is 14.7. The molecular weight excluding hydrogens is 258 g/mol. The van der Waals surface area contributed by atoms with Gasteiger partial charge in [0, 0.05) is 17.8 Å². The summed E-state index contributed by atoms with van der Waals surface area (Å²) in [5.41, 5.74) is 3.97. The summed E-state index contributed by atoms with van der Waals surface area (Å²) in [5.74, 6) is 1.65. The van der Waals surface area contributed by atoms with Crippen molar-refractivity contribution in [3.8, 4) is 5.75 Å². The van der Waals surface area contributed by atoms with E-state index in [0.717, 1.165) is 11.4 Å². The van der Waals surface area contributed by atoms with Gasteiger partial charge in [0.25, 0.3) is 0 Å². The van der Waals surface area contributed by atoms with Crippen LogP contribution in [0.2, 0.25) is 0 Å². The van der Waals surface area contributed by atoms with Crippen molar-refractivity contribution < 1.29 is 4.74 Å². The molecular formula is C19H23NO. The molecule has 2 heteroatoms. The summed E-state index contributed by atoms with van der Waals surface area (Å²) < 4.78 is 5.54. The van der Waals surface area contributed by atoms with Crippen molar-refractivity contribution in [2.45, 2.75) is 38.6 Å². The normalized spacial score (nSPS) is 20.7. The molecule has 1 aliphatic rings. The number of nitrogens with one attached hydrogen (secondary N) is 1. The van der Waals surface area contributed by atoms with Gasteiger partial charge in [0.2, 0.25) is 0 Å². The van der Waals surface area contributed by atoms with Gasteiger partial charge in [-0.1, -0.05) is 35.9 Å². The first kappa shape index (κ1) is 14.0. The van der Waals surface area contributed by atoms with Crippen molar-refractivity contribution in [3.63, 3.8) is 0 Å². The Balaban J connectivity index is 1.55. The van der Waals surface area contributed by atoms with Gasteiger partial charge in [0.1, 0.15) is 5.75 Å². The van der Waals surface area contributed by atoms with Crippen LogP contribution in [0.1, 0.15) is 36.8 Å². The lowest BCUT2D eigenvalue weighted by Gasteiger charge is -2.37. The second-order valence-corrected chi connectivity index (χ2v) is 5.88. The molecule has 110 valence electrons. The van der Waals surface area contributed by atoms with Gasteiger partial charge in [-0.25, -0.2) is 0 Å². The van der Waals surface area contributed by atoms with E-state index in [1.54, 1.807) is 0 Å². The molecule has 3 rings (SSSR count). The van der Waals surface area contributed by atoms with Crippen molar-refractivity contribution >= 4 is 5.69 Å². The van der Waals surface area contributed by atoms with E-state index in [2.05, 4.69) is 48.6 Å². The summed E-state index contributed by atoms with van der Waals surface area (Å²) in [6.07, 6.45) is 2.42. The summed E-state index contributed by atoms with van der Waals surface area (Å²) in [4.78, 5) is 0. The molecule has 0 heterocycles. The van der Waals surface area contributed by atoms with Crippen molar-refractivity contribution in [1.29, 1.82) is 0 Å². The lowest BCUT2D eigenvalue weighted by atomic mass is 9.75. The molecule has 0 saturated heterocycles. The SMILES string of the molecule is CCOc1cccc(NC2CC(c3ccc(C)cc3)C2)c1. The van der Waals surface area contributed by atoms with E-state index in [1.807, 2.05) is 19.1 Å². The van der Waals surface area contributed by atoms with Crippen molar-refractivity contribution in [1.82, 2.24) is 0 Å². The molecule has 1 fully saturated rings. The third-order valence-corrected chi connectivity index (χ3v) is 4.20. The molecule has 1 aliphatic carbocycles. The maximum absolute atomic E-state index is 5.54.